The first kappa shape index (κ1) is 13.9. The Hall–Kier alpha value is -3.31. The molecule has 2 N–H and O–H groups in total. The highest BCUT2D eigenvalue weighted by atomic mass is 32.2. The number of benzene rings is 2. The molecule has 0 saturated heterocycles. The quantitative estimate of drug-likeness (QED) is 0.795. The molecule has 7 nitrogen and oxygen atoms in total. The number of nitriles is 1. The number of carbonyl (C=O) groups excluding carboxylic acids is 1. The Kier molecular flexibility index (Phi) is 3.69. The van der Waals surface area contributed by atoms with Gasteiger partial charge in [0.15, 0.2) is 6.08 Å². The van der Waals surface area contributed by atoms with Crippen molar-refractivity contribution in [2.24, 2.45) is 5.73 Å². The Labute approximate surface area is 154 Å². The van der Waals surface area contributed by atoms with Crippen molar-refractivity contribution in [3.05, 3.63) is 82.9 Å². The first-order valence-corrected chi connectivity index (χ1v) is 8.67. The van der Waals surface area contributed by atoms with Gasteiger partial charge in [-0.1, -0.05) is 42.5 Å². The van der Waals surface area contributed by atoms with Crippen LogP contribution >= 0.6 is 0 Å². The molecule has 1 heterocycles. The second-order valence-electron chi connectivity index (χ2n) is 5.15. The van der Waals surface area contributed by atoms with Crippen LogP contribution in [0.1, 0.15) is 26.9 Å². The Balaban J connectivity index is 1.95. The second-order valence-corrected chi connectivity index (χ2v) is 6.43. The van der Waals surface area contributed by atoms with Gasteiger partial charge in [0.05, 0.1) is 15.7 Å². The van der Waals surface area contributed by atoms with Gasteiger partial charge in [-0.2, -0.15) is 13.7 Å². The molecule has 8 heteroatoms. The minimum Gasteiger partial charge on any atom is -0.460 e. The van der Waals surface area contributed by atoms with Crippen LogP contribution in [0, 0.1) is 11.3 Å². The lowest BCUT2D eigenvalue weighted by Crippen LogP contribution is -2.16. The zero-order valence-corrected chi connectivity index (χ0v) is 14.0. The van der Waals surface area contributed by atoms with E-state index in [1.807, 2.05) is 6.07 Å². The number of hydrogen-bond donors (Lipinski definition) is 1. The highest BCUT2D eigenvalue weighted by molar-refractivity contribution is 7.86. The molecule has 0 bridgehead atoms. The third-order valence-electron chi connectivity index (χ3n) is 3.31. The maximum atomic E-state index is 12.7. The Morgan fingerprint density at radius 2 is 2.00 bits per heavy atom. The molecule has 1 atom stereocenters. The highest BCUT2D eigenvalue weighted by Gasteiger charge is 2.39. The molecular weight excluding hydrogens is 356 g/mol. The van der Waals surface area contributed by atoms with Crippen LogP contribution in [0.5, 0.6) is 0 Å². The largest absolute Gasteiger partial charge is 0.460 e. The van der Waals surface area contributed by atoms with Crippen LogP contribution in [0.4, 0.5) is 0 Å². The number of rotatable bonds is 5. The van der Waals surface area contributed by atoms with Crippen molar-refractivity contribution in [3.8, 4) is 6.07 Å². The Morgan fingerprint density at radius 3 is 2.69 bits per heavy atom. The van der Waals surface area contributed by atoms with Gasteiger partial charge >= 0.3 is 10.1 Å². The summed E-state index contributed by atoms with van der Waals surface area (Å²) in [6.07, 6.45) is -2.47. The van der Waals surface area contributed by atoms with Gasteiger partial charge in [0.25, 0.3) is 0 Å². The summed E-state index contributed by atoms with van der Waals surface area (Å²) < 4.78 is 59.1. The van der Waals surface area contributed by atoms with Gasteiger partial charge in [-0.15, -0.1) is 0 Å². The molecule has 0 amide bonds. The molecule has 0 saturated carbocycles. The molecule has 132 valence electrons. The van der Waals surface area contributed by atoms with Crippen molar-refractivity contribution in [1.82, 2.24) is 0 Å². The van der Waals surface area contributed by atoms with E-state index in [1.54, 1.807) is 6.07 Å². The van der Waals surface area contributed by atoms with Crippen LogP contribution in [0.2, 0.25) is 0 Å². The standard InChI is InChI=1S/C18H14N2O5S/c19-10-13-7-4-8-14(9-13)16-15(21)17(18(20)24-16)25-26(22,23)11-12-5-2-1-3-6-12/h1-9,16H,11,20H2/i11D2,16D. The van der Waals surface area contributed by atoms with Gasteiger partial charge in [-0.25, -0.2) is 0 Å². The first-order chi connectivity index (χ1) is 13.5. The third kappa shape index (κ3) is 3.68. The van der Waals surface area contributed by atoms with E-state index in [9.17, 15) is 13.2 Å². The number of ether oxygens (including phenoxy) is 1. The fourth-order valence-corrected chi connectivity index (χ4v) is 3.04. The predicted molar refractivity (Wildman–Crippen MR) is 91.4 cm³/mol. The van der Waals surface area contributed by atoms with Gasteiger partial charge in [-0.05, 0) is 17.7 Å². The summed E-state index contributed by atoms with van der Waals surface area (Å²) in [6, 6.07) is 14.2. The van der Waals surface area contributed by atoms with Crippen LogP contribution in [-0.4, -0.2) is 14.2 Å². The van der Waals surface area contributed by atoms with Crippen LogP contribution in [0.3, 0.4) is 0 Å². The number of hydrogen-bond acceptors (Lipinski definition) is 7. The van der Waals surface area contributed by atoms with E-state index in [2.05, 4.69) is 0 Å². The summed E-state index contributed by atoms with van der Waals surface area (Å²) in [4.78, 5) is 12.7. The maximum absolute atomic E-state index is 12.7. The van der Waals surface area contributed by atoms with Gasteiger partial charge in [-0.3, -0.25) is 4.79 Å². The second kappa shape index (κ2) is 6.90. The summed E-state index contributed by atoms with van der Waals surface area (Å²) in [6.45, 7) is 0. The molecule has 3 rings (SSSR count). The van der Waals surface area contributed by atoms with Crippen molar-refractivity contribution in [2.75, 3.05) is 0 Å². The van der Waals surface area contributed by atoms with Crippen LogP contribution in [0.15, 0.2) is 66.2 Å². The van der Waals surface area contributed by atoms with E-state index in [4.69, 9.17) is 24.0 Å². The van der Waals surface area contributed by atoms with Crippen molar-refractivity contribution in [1.29, 1.82) is 5.26 Å². The van der Waals surface area contributed by atoms with Crippen LogP contribution < -0.4 is 5.73 Å². The van der Waals surface area contributed by atoms with Gasteiger partial charge in [0.1, 0.15) is 5.70 Å². The lowest BCUT2D eigenvalue weighted by atomic mass is 10.0. The minimum absolute atomic E-state index is 0.0634. The van der Waals surface area contributed by atoms with Crippen molar-refractivity contribution in [2.45, 2.75) is 11.8 Å². The molecule has 0 radical (unpaired) electrons. The molecule has 26 heavy (non-hydrogen) atoms. The van der Waals surface area contributed by atoms with Crippen LogP contribution in [0.25, 0.3) is 0 Å². The van der Waals surface area contributed by atoms with Gasteiger partial charge in [0, 0.05) is 5.56 Å². The summed E-state index contributed by atoms with van der Waals surface area (Å²) >= 11 is 0. The Morgan fingerprint density at radius 1 is 1.27 bits per heavy atom. The van der Waals surface area contributed by atoms with E-state index in [1.165, 1.54) is 48.5 Å². The molecule has 1 aliphatic heterocycles. The summed E-state index contributed by atoms with van der Waals surface area (Å²) in [5.74, 6) is -3.01. The highest BCUT2D eigenvalue weighted by Crippen LogP contribution is 2.33. The smallest absolute Gasteiger partial charge is 0.313 e. The predicted octanol–water partition coefficient (Wildman–Crippen LogP) is 1.87. The fourth-order valence-electron chi connectivity index (χ4n) is 2.20. The SMILES string of the molecule is [2H]C1(c2cccc(C#N)c2)OC(N)=C(OS(=O)(=O)C([2H])([2H])c2ccccc2)C1=O. The molecule has 2 aromatic rings. The number of nitrogens with zero attached hydrogens (tertiary/aromatic N) is 1. The zero-order valence-electron chi connectivity index (χ0n) is 16.2. The average molecular weight is 373 g/mol. The van der Waals surface area contributed by atoms with E-state index in [-0.39, 0.29) is 16.7 Å². The minimum atomic E-state index is -5.05. The summed E-state index contributed by atoms with van der Waals surface area (Å²) in [5.41, 5.74) is 2.44. The van der Waals surface area contributed by atoms with Gasteiger partial charge < -0.3 is 14.7 Å². The number of nitrogens with two attached hydrogens (primary N) is 1. The fraction of sp³-hybridized carbons (Fsp3) is 0.111. The zero-order chi connectivity index (χ0) is 21.4. The third-order valence-corrected chi connectivity index (χ3v) is 4.18. The van der Waals surface area contributed by atoms with Crippen molar-refractivity contribution >= 4 is 15.9 Å². The van der Waals surface area contributed by atoms with E-state index in [0.29, 0.717) is 0 Å². The Bertz CT molecular complexity index is 1160. The van der Waals surface area contributed by atoms with E-state index >= 15 is 0 Å². The monoisotopic (exact) mass is 373 g/mol. The van der Waals surface area contributed by atoms with Gasteiger partial charge in [0.2, 0.25) is 17.4 Å². The number of carbonyl (C=O) groups is 1. The lowest BCUT2D eigenvalue weighted by Gasteiger charge is -2.10. The number of ketones is 1. The molecule has 0 fully saturated rings. The summed E-state index contributed by atoms with van der Waals surface area (Å²) in [5, 5.41) is 8.99. The van der Waals surface area contributed by atoms with Crippen molar-refractivity contribution in [3.63, 3.8) is 0 Å². The lowest BCUT2D eigenvalue weighted by molar-refractivity contribution is -0.123. The first-order valence-electron chi connectivity index (χ1n) is 8.76. The number of Topliss-reactive ketones (excluding diaryl/α,β-unsaturated/α-hetero) is 1. The normalized spacial score (nSPS) is 22.0. The maximum Gasteiger partial charge on any atom is 0.313 e. The molecule has 0 aliphatic carbocycles. The molecule has 1 unspecified atom stereocenters. The molecule has 2 aromatic carbocycles. The molecular formula is C18H14N2O5S. The van der Waals surface area contributed by atoms with E-state index < -0.39 is 39.3 Å². The van der Waals surface area contributed by atoms with E-state index in [0.717, 1.165) is 0 Å². The molecule has 0 aromatic heterocycles. The average Bonchev–Trinajstić information content (AvgIpc) is 2.92. The molecule has 0 spiro atoms. The summed E-state index contributed by atoms with van der Waals surface area (Å²) in [7, 11) is -5.05. The topological polar surface area (TPSA) is 119 Å². The molecule has 1 aliphatic rings. The van der Waals surface area contributed by atoms with Crippen LogP contribution in [-0.2, 0) is 29.5 Å². The van der Waals surface area contributed by atoms with Crippen molar-refractivity contribution < 1.29 is 26.2 Å².